The van der Waals surface area contributed by atoms with Gasteiger partial charge in [-0.1, -0.05) is 31.5 Å². The maximum Gasteiger partial charge on any atom is 0.282 e. The van der Waals surface area contributed by atoms with Crippen molar-refractivity contribution in [3.63, 3.8) is 0 Å². The summed E-state index contributed by atoms with van der Waals surface area (Å²) in [6.45, 7) is 12.9. The van der Waals surface area contributed by atoms with Crippen LogP contribution in [-0.2, 0) is 4.79 Å². The number of nitrogens with two attached hydrogens (primary N) is 1. The van der Waals surface area contributed by atoms with Gasteiger partial charge in [0, 0.05) is 11.6 Å². The Morgan fingerprint density at radius 2 is 1.78 bits per heavy atom. The van der Waals surface area contributed by atoms with Crippen molar-refractivity contribution in [2.45, 2.75) is 72.9 Å². The summed E-state index contributed by atoms with van der Waals surface area (Å²) in [6.07, 6.45) is 3.84. The van der Waals surface area contributed by atoms with Crippen molar-refractivity contribution >= 4 is 11.6 Å². The van der Waals surface area contributed by atoms with E-state index in [-0.39, 0.29) is 11.9 Å². The Bertz CT molecular complexity index is 544. The fourth-order valence-electron chi connectivity index (χ4n) is 3.97. The molecule has 0 spiro atoms. The zero-order chi connectivity index (χ0) is 17.1. The summed E-state index contributed by atoms with van der Waals surface area (Å²) in [5, 5.41) is 5.44. The monoisotopic (exact) mass is 317 g/mol. The van der Waals surface area contributed by atoms with Gasteiger partial charge in [-0.25, -0.2) is 0 Å². The van der Waals surface area contributed by atoms with Gasteiger partial charge in [-0.2, -0.15) is 0 Å². The van der Waals surface area contributed by atoms with Gasteiger partial charge in [0.25, 0.3) is 5.91 Å². The third-order valence-corrected chi connectivity index (χ3v) is 5.64. The molecule has 0 radical (unpaired) electrons. The SMILES string of the molecule is Cc1cc(C)c(NC(=O)[C@H](C)[NH2+][C@H]2CCC[C@H](C)[C@@H]2C)c(C)c1. The summed E-state index contributed by atoms with van der Waals surface area (Å²) in [6, 6.07) is 4.77. The number of hydrogen-bond donors (Lipinski definition) is 2. The van der Waals surface area contributed by atoms with Crippen LogP contribution in [-0.4, -0.2) is 18.0 Å². The maximum absolute atomic E-state index is 12.6. The fraction of sp³-hybridized carbons (Fsp3) is 0.650. The van der Waals surface area contributed by atoms with Crippen LogP contribution in [0.4, 0.5) is 5.69 Å². The average Bonchev–Trinajstić information content (AvgIpc) is 2.47. The molecule has 3 nitrogen and oxygen atoms in total. The number of anilines is 1. The molecule has 3 heteroatoms. The van der Waals surface area contributed by atoms with E-state index in [0.717, 1.165) is 22.7 Å². The van der Waals surface area contributed by atoms with E-state index in [1.807, 2.05) is 6.92 Å². The lowest BCUT2D eigenvalue weighted by Gasteiger charge is -2.33. The average molecular weight is 317 g/mol. The Balaban J connectivity index is 2.00. The fourth-order valence-corrected chi connectivity index (χ4v) is 3.97. The predicted octanol–water partition coefficient (Wildman–Crippen LogP) is 3.33. The van der Waals surface area contributed by atoms with Gasteiger partial charge in [-0.15, -0.1) is 0 Å². The van der Waals surface area contributed by atoms with E-state index in [9.17, 15) is 4.79 Å². The number of carbonyl (C=O) groups excluding carboxylic acids is 1. The minimum atomic E-state index is -0.0483. The number of benzene rings is 1. The Hall–Kier alpha value is -1.35. The molecule has 0 aliphatic heterocycles. The predicted molar refractivity (Wildman–Crippen MR) is 96.6 cm³/mol. The molecule has 1 aromatic carbocycles. The van der Waals surface area contributed by atoms with Crippen molar-refractivity contribution in [1.29, 1.82) is 0 Å². The van der Waals surface area contributed by atoms with Gasteiger partial charge >= 0.3 is 0 Å². The van der Waals surface area contributed by atoms with Crippen LogP contribution >= 0.6 is 0 Å². The molecular formula is C20H33N2O+. The molecule has 0 aromatic heterocycles. The van der Waals surface area contributed by atoms with Crippen molar-refractivity contribution in [2.75, 3.05) is 5.32 Å². The van der Waals surface area contributed by atoms with Crippen LogP contribution in [0.5, 0.6) is 0 Å². The summed E-state index contributed by atoms with van der Waals surface area (Å²) in [5.41, 5.74) is 4.50. The van der Waals surface area contributed by atoms with Crippen LogP contribution in [0, 0.1) is 32.6 Å². The standard InChI is InChI=1S/C20H32N2O/c1-12-10-14(3)19(15(4)11-12)22-20(23)17(6)21-18-9-7-8-13(2)16(18)5/h10-11,13,16-18,21H,7-9H2,1-6H3,(H,22,23)/p+1/t13-,16-,17-,18-/m0/s1. The molecule has 0 saturated heterocycles. The second-order valence-corrected chi connectivity index (χ2v) is 7.68. The van der Waals surface area contributed by atoms with E-state index in [4.69, 9.17) is 0 Å². The zero-order valence-electron chi connectivity index (χ0n) is 15.6. The van der Waals surface area contributed by atoms with Crippen LogP contribution < -0.4 is 10.6 Å². The Labute approximate surface area is 141 Å². The number of aryl methyl sites for hydroxylation is 3. The van der Waals surface area contributed by atoms with Crippen LogP contribution in [0.3, 0.4) is 0 Å². The second kappa shape index (κ2) is 7.48. The lowest BCUT2D eigenvalue weighted by atomic mass is 9.78. The van der Waals surface area contributed by atoms with Gasteiger partial charge in [0.1, 0.15) is 0 Å². The second-order valence-electron chi connectivity index (χ2n) is 7.68. The van der Waals surface area contributed by atoms with Crippen molar-refractivity contribution in [1.82, 2.24) is 0 Å². The van der Waals surface area contributed by atoms with Gasteiger partial charge in [-0.3, -0.25) is 4.79 Å². The summed E-state index contributed by atoms with van der Waals surface area (Å²) in [7, 11) is 0. The Kier molecular flexibility index (Phi) is 5.85. The van der Waals surface area contributed by atoms with Gasteiger partial charge in [0.15, 0.2) is 6.04 Å². The topological polar surface area (TPSA) is 45.7 Å². The molecule has 0 bridgehead atoms. The van der Waals surface area contributed by atoms with Crippen molar-refractivity contribution in [3.05, 3.63) is 28.8 Å². The minimum absolute atomic E-state index is 0.0483. The van der Waals surface area contributed by atoms with Crippen LogP contribution in [0.2, 0.25) is 0 Å². The molecule has 1 aliphatic carbocycles. The zero-order valence-corrected chi connectivity index (χ0v) is 15.6. The highest BCUT2D eigenvalue weighted by Crippen LogP contribution is 2.27. The molecule has 4 atom stereocenters. The first kappa shape index (κ1) is 18.0. The number of hydrogen-bond acceptors (Lipinski definition) is 1. The number of amides is 1. The molecular weight excluding hydrogens is 284 g/mol. The van der Waals surface area contributed by atoms with Gasteiger partial charge < -0.3 is 10.6 Å². The Morgan fingerprint density at radius 3 is 2.39 bits per heavy atom. The Morgan fingerprint density at radius 1 is 1.17 bits per heavy atom. The molecule has 1 fully saturated rings. The third kappa shape index (κ3) is 4.35. The van der Waals surface area contributed by atoms with E-state index in [1.54, 1.807) is 0 Å². The first-order chi connectivity index (χ1) is 10.8. The van der Waals surface area contributed by atoms with Crippen LogP contribution in [0.25, 0.3) is 0 Å². The number of quaternary nitrogens is 1. The summed E-state index contributed by atoms with van der Waals surface area (Å²) in [4.78, 5) is 12.6. The molecule has 1 saturated carbocycles. The van der Waals surface area contributed by atoms with E-state index in [1.165, 1.54) is 24.8 Å². The number of carbonyl (C=O) groups is 1. The summed E-state index contributed by atoms with van der Waals surface area (Å²) >= 11 is 0. The largest absolute Gasteiger partial charge is 0.334 e. The van der Waals surface area contributed by atoms with Crippen LogP contribution in [0.15, 0.2) is 12.1 Å². The van der Waals surface area contributed by atoms with Crippen molar-refractivity contribution < 1.29 is 10.1 Å². The van der Waals surface area contributed by atoms with E-state index in [2.05, 4.69) is 57.4 Å². The van der Waals surface area contributed by atoms with E-state index < -0.39 is 0 Å². The molecule has 1 aromatic rings. The molecule has 1 amide bonds. The van der Waals surface area contributed by atoms with Gasteiger partial charge in [0.05, 0.1) is 6.04 Å². The smallest absolute Gasteiger partial charge is 0.282 e. The van der Waals surface area contributed by atoms with E-state index in [0.29, 0.717) is 12.0 Å². The quantitative estimate of drug-likeness (QED) is 0.879. The molecule has 1 aliphatic rings. The first-order valence-electron chi connectivity index (χ1n) is 9.03. The van der Waals surface area contributed by atoms with Crippen molar-refractivity contribution in [2.24, 2.45) is 11.8 Å². The van der Waals surface area contributed by atoms with Crippen LogP contribution in [0.1, 0.15) is 56.7 Å². The normalized spacial score (nSPS) is 25.9. The lowest BCUT2D eigenvalue weighted by Crippen LogP contribution is -2.97. The minimum Gasteiger partial charge on any atom is -0.334 e. The molecule has 0 heterocycles. The summed E-state index contributed by atoms with van der Waals surface area (Å²) < 4.78 is 0. The highest BCUT2D eigenvalue weighted by molar-refractivity contribution is 5.95. The van der Waals surface area contributed by atoms with Gasteiger partial charge in [0.2, 0.25) is 0 Å². The van der Waals surface area contributed by atoms with Gasteiger partial charge in [-0.05, 0) is 64.0 Å². The first-order valence-corrected chi connectivity index (χ1v) is 9.03. The van der Waals surface area contributed by atoms with E-state index >= 15 is 0 Å². The molecule has 2 rings (SSSR count). The summed E-state index contributed by atoms with van der Waals surface area (Å²) in [5.74, 6) is 1.56. The molecule has 3 N–H and O–H groups in total. The third-order valence-electron chi connectivity index (χ3n) is 5.64. The molecule has 23 heavy (non-hydrogen) atoms. The highest BCUT2D eigenvalue weighted by Gasteiger charge is 2.32. The highest BCUT2D eigenvalue weighted by atomic mass is 16.2. The van der Waals surface area contributed by atoms with Crippen molar-refractivity contribution in [3.8, 4) is 0 Å². The molecule has 0 unspecified atom stereocenters. The lowest BCUT2D eigenvalue weighted by molar-refractivity contribution is -0.715. The number of nitrogens with one attached hydrogen (secondary N) is 1. The molecule has 128 valence electrons. The number of rotatable bonds is 4. The maximum atomic E-state index is 12.6.